The van der Waals surface area contributed by atoms with E-state index in [1.165, 1.54) is 0 Å². The summed E-state index contributed by atoms with van der Waals surface area (Å²) >= 11 is 0. The van der Waals surface area contributed by atoms with Gasteiger partial charge in [-0.05, 0) is 25.0 Å². The van der Waals surface area contributed by atoms with Crippen molar-refractivity contribution < 1.29 is 9.63 Å². The van der Waals surface area contributed by atoms with Crippen LogP contribution in [0.15, 0.2) is 24.3 Å². The quantitative estimate of drug-likeness (QED) is 0.803. The van der Waals surface area contributed by atoms with E-state index < -0.39 is 0 Å². The highest BCUT2D eigenvalue weighted by Crippen LogP contribution is 2.19. The van der Waals surface area contributed by atoms with E-state index in [0.29, 0.717) is 12.5 Å². The molecule has 1 aliphatic rings. The molecule has 1 aromatic rings. The van der Waals surface area contributed by atoms with Crippen LogP contribution in [0.4, 0.5) is 0 Å². The monoisotopic (exact) mass is 234 g/mol. The second-order valence-corrected chi connectivity index (χ2v) is 4.55. The molecule has 0 aliphatic carbocycles. The third-order valence-electron chi connectivity index (χ3n) is 3.28. The van der Waals surface area contributed by atoms with Crippen molar-refractivity contribution in [3.63, 3.8) is 0 Å². The molecule has 1 aliphatic heterocycles. The van der Waals surface area contributed by atoms with E-state index in [1.807, 2.05) is 36.1 Å². The smallest absolute Gasteiger partial charge is 0.254 e. The molecule has 2 rings (SSSR count). The van der Waals surface area contributed by atoms with Crippen LogP contribution in [-0.2, 0) is 4.84 Å². The number of carbonyl (C=O) groups excluding carboxylic acids is 1. The summed E-state index contributed by atoms with van der Waals surface area (Å²) in [7, 11) is 0. The fourth-order valence-electron chi connectivity index (χ4n) is 2.27. The topological polar surface area (TPSA) is 55.6 Å². The zero-order valence-electron chi connectivity index (χ0n) is 10.1. The summed E-state index contributed by atoms with van der Waals surface area (Å²) in [6.07, 6.45) is 0.967. The first-order valence-electron chi connectivity index (χ1n) is 5.89. The molecule has 1 fully saturated rings. The number of aryl methyl sites for hydroxylation is 1. The molecular formula is C13H18N2O2. The van der Waals surface area contributed by atoms with Crippen LogP contribution in [0, 0.1) is 12.8 Å². The SMILES string of the molecule is Cc1ccccc1C(=O)N1CCC(CON)C1. The maximum atomic E-state index is 12.3. The van der Waals surface area contributed by atoms with E-state index in [9.17, 15) is 4.79 Å². The molecule has 1 atom stereocenters. The fourth-order valence-corrected chi connectivity index (χ4v) is 2.27. The molecule has 92 valence electrons. The summed E-state index contributed by atoms with van der Waals surface area (Å²) in [6.45, 7) is 4.02. The highest BCUT2D eigenvalue weighted by molar-refractivity contribution is 5.95. The Morgan fingerprint density at radius 1 is 1.53 bits per heavy atom. The van der Waals surface area contributed by atoms with Crippen molar-refractivity contribution in [1.82, 2.24) is 4.90 Å². The largest absolute Gasteiger partial charge is 0.338 e. The van der Waals surface area contributed by atoms with Gasteiger partial charge in [0.15, 0.2) is 0 Å². The standard InChI is InChI=1S/C13H18N2O2/c1-10-4-2-3-5-12(10)13(16)15-7-6-11(8-15)9-17-14/h2-5,11H,6-9,14H2,1H3. The summed E-state index contributed by atoms with van der Waals surface area (Å²) in [4.78, 5) is 18.8. The minimum absolute atomic E-state index is 0.114. The van der Waals surface area contributed by atoms with Gasteiger partial charge in [0.2, 0.25) is 0 Å². The van der Waals surface area contributed by atoms with Crippen LogP contribution in [0.3, 0.4) is 0 Å². The van der Waals surface area contributed by atoms with E-state index in [1.54, 1.807) is 0 Å². The first-order chi connectivity index (χ1) is 8.22. The third kappa shape index (κ3) is 2.65. The Bertz CT molecular complexity index is 406. The zero-order valence-corrected chi connectivity index (χ0v) is 10.1. The number of rotatable bonds is 3. The predicted molar refractivity (Wildman–Crippen MR) is 65.3 cm³/mol. The summed E-state index contributed by atoms with van der Waals surface area (Å²) < 4.78 is 0. The second kappa shape index (κ2) is 5.29. The number of amides is 1. The Hall–Kier alpha value is -1.39. The molecule has 0 radical (unpaired) electrons. The van der Waals surface area contributed by atoms with Gasteiger partial charge in [-0.2, -0.15) is 0 Å². The molecule has 4 nitrogen and oxygen atoms in total. The van der Waals surface area contributed by atoms with E-state index >= 15 is 0 Å². The molecule has 1 unspecified atom stereocenters. The average Bonchev–Trinajstić information content (AvgIpc) is 2.78. The average molecular weight is 234 g/mol. The number of nitrogens with zero attached hydrogens (tertiary/aromatic N) is 1. The Kier molecular flexibility index (Phi) is 3.76. The molecule has 1 saturated heterocycles. The van der Waals surface area contributed by atoms with E-state index in [0.717, 1.165) is 30.6 Å². The number of benzene rings is 1. The van der Waals surface area contributed by atoms with Gasteiger partial charge < -0.3 is 9.74 Å². The van der Waals surface area contributed by atoms with Crippen molar-refractivity contribution in [2.24, 2.45) is 11.8 Å². The van der Waals surface area contributed by atoms with Gasteiger partial charge in [-0.1, -0.05) is 18.2 Å². The number of carbonyl (C=O) groups is 1. The Morgan fingerprint density at radius 3 is 3.00 bits per heavy atom. The number of nitrogens with two attached hydrogens (primary N) is 1. The zero-order chi connectivity index (χ0) is 12.3. The Morgan fingerprint density at radius 2 is 2.29 bits per heavy atom. The lowest BCUT2D eigenvalue weighted by Crippen LogP contribution is -2.30. The molecule has 1 heterocycles. The molecule has 1 amide bonds. The highest BCUT2D eigenvalue weighted by atomic mass is 16.6. The van der Waals surface area contributed by atoms with Gasteiger partial charge in [0.25, 0.3) is 5.91 Å². The van der Waals surface area contributed by atoms with Crippen LogP contribution in [0.1, 0.15) is 22.3 Å². The fraction of sp³-hybridized carbons (Fsp3) is 0.462. The third-order valence-corrected chi connectivity index (χ3v) is 3.28. The number of likely N-dealkylation sites (tertiary alicyclic amines) is 1. The number of hydrogen-bond acceptors (Lipinski definition) is 3. The van der Waals surface area contributed by atoms with Gasteiger partial charge in [-0.15, -0.1) is 0 Å². The number of hydrogen-bond donors (Lipinski definition) is 1. The molecule has 17 heavy (non-hydrogen) atoms. The van der Waals surface area contributed by atoms with Crippen LogP contribution in [0.5, 0.6) is 0 Å². The lowest BCUT2D eigenvalue weighted by Gasteiger charge is -2.17. The van der Waals surface area contributed by atoms with Gasteiger partial charge in [-0.25, -0.2) is 5.90 Å². The van der Waals surface area contributed by atoms with Crippen LogP contribution < -0.4 is 5.90 Å². The molecule has 4 heteroatoms. The first-order valence-corrected chi connectivity index (χ1v) is 5.89. The molecule has 2 N–H and O–H groups in total. The molecule has 1 aromatic carbocycles. The maximum Gasteiger partial charge on any atom is 0.254 e. The molecule has 0 aromatic heterocycles. The van der Waals surface area contributed by atoms with Crippen molar-refractivity contribution in [3.05, 3.63) is 35.4 Å². The minimum atomic E-state index is 0.114. The molecule has 0 bridgehead atoms. The van der Waals surface area contributed by atoms with Gasteiger partial charge in [0.05, 0.1) is 6.61 Å². The maximum absolute atomic E-state index is 12.3. The summed E-state index contributed by atoms with van der Waals surface area (Å²) in [5, 5.41) is 0. The lowest BCUT2D eigenvalue weighted by molar-refractivity contribution is 0.0754. The van der Waals surface area contributed by atoms with Gasteiger partial charge in [0.1, 0.15) is 0 Å². The second-order valence-electron chi connectivity index (χ2n) is 4.55. The lowest BCUT2D eigenvalue weighted by atomic mass is 10.1. The van der Waals surface area contributed by atoms with Gasteiger partial charge >= 0.3 is 0 Å². The van der Waals surface area contributed by atoms with Crippen molar-refractivity contribution in [2.75, 3.05) is 19.7 Å². The van der Waals surface area contributed by atoms with E-state index in [-0.39, 0.29) is 5.91 Å². The molecule has 0 saturated carbocycles. The summed E-state index contributed by atoms with van der Waals surface area (Å²) in [5.41, 5.74) is 1.82. The Labute approximate surface area is 101 Å². The van der Waals surface area contributed by atoms with Crippen LogP contribution in [0.2, 0.25) is 0 Å². The van der Waals surface area contributed by atoms with E-state index in [4.69, 9.17) is 5.90 Å². The van der Waals surface area contributed by atoms with E-state index in [2.05, 4.69) is 4.84 Å². The van der Waals surface area contributed by atoms with Gasteiger partial charge in [0, 0.05) is 24.6 Å². The van der Waals surface area contributed by atoms with Crippen molar-refractivity contribution in [2.45, 2.75) is 13.3 Å². The highest BCUT2D eigenvalue weighted by Gasteiger charge is 2.27. The predicted octanol–water partition coefficient (Wildman–Crippen LogP) is 1.35. The summed E-state index contributed by atoms with van der Waals surface area (Å²) in [5.74, 6) is 5.54. The molecular weight excluding hydrogens is 216 g/mol. The van der Waals surface area contributed by atoms with Crippen molar-refractivity contribution in [3.8, 4) is 0 Å². The normalized spacial score (nSPS) is 19.6. The Balaban J connectivity index is 2.05. The minimum Gasteiger partial charge on any atom is -0.338 e. The molecule has 0 spiro atoms. The van der Waals surface area contributed by atoms with Gasteiger partial charge in [-0.3, -0.25) is 4.79 Å². The van der Waals surface area contributed by atoms with Crippen LogP contribution in [-0.4, -0.2) is 30.5 Å². The first kappa shape index (κ1) is 12.1. The van der Waals surface area contributed by atoms with Crippen LogP contribution >= 0.6 is 0 Å². The summed E-state index contributed by atoms with van der Waals surface area (Å²) in [6, 6.07) is 7.69. The van der Waals surface area contributed by atoms with Crippen molar-refractivity contribution >= 4 is 5.91 Å². The van der Waals surface area contributed by atoms with Crippen LogP contribution in [0.25, 0.3) is 0 Å². The van der Waals surface area contributed by atoms with Crippen molar-refractivity contribution in [1.29, 1.82) is 0 Å².